The second-order valence-corrected chi connectivity index (χ2v) is 17.0. The minimum absolute atomic E-state index is 0.0341. The maximum absolute atomic E-state index is 12.7. The average molecular weight is 897 g/mol. The zero-order valence-corrected chi connectivity index (χ0v) is 33.9. The number of rotatable bonds is 15. The van der Waals surface area contributed by atoms with E-state index in [-0.39, 0.29) is 63.1 Å². The van der Waals surface area contributed by atoms with Crippen molar-refractivity contribution in [2.24, 2.45) is 0 Å². The zero-order valence-electron chi connectivity index (χ0n) is 31.5. The Kier molecular flexibility index (Phi) is 12.0. The van der Waals surface area contributed by atoms with Crippen LogP contribution in [0.25, 0.3) is 12.2 Å². The van der Waals surface area contributed by atoms with E-state index in [1.807, 2.05) is 6.07 Å². The Labute approximate surface area is 353 Å². The summed E-state index contributed by atoms with van der Waals surface area (Å²) in [6, 6.07) is 30.6. The van der Waals surface area contributed by atoms with E-state index >= 15 is 0 Å². The first-order valence-electron chi connectivity index (χ1n) is 17.7. The molecular weight excluding hydrogens is 865 g/mol. The molecule has 0 fully saturated rings. The lowest BCUT2D eigenvalue weighted by atomic mass is 10.1. The molecule has 2 heterocycles. The standard InChI is InChI=1S/C38H32N12O9S3/c39-33-45-34(40-25-7-3-1-4-8-25)47-35(46-33)43-28-15-13-23(31(21-28)61(54,55)56)11-12-24-14-16-29(22-32(24)62(57,58)59)44-38-49-36(41-26-9-5-2-6-10-26)48-37(50-38)42-27-17-19-30(20-18-27)60(51,52)53/h1-22H,(H,51,52,53)(H,54,55,56)(H,57,58,59)(H4,39,40,43,45,46,47)(H3,41,42,44,48,49,50)/b12-11+. The van der Waals surface area contributed by atoms with E-state index in [1.165, 1.54) is 60.7 Å². The number of para-hydroxylation sites is 2. The van der Waals surface area contributed by atoms with Gasteiger partial charge in [0.15, 0.2) is 0 Å². The molecule has 10 N–H and O–H groups in total. The number of nitrogens with zero attached hydrogens (tertiary/aromatic N) is 6. The summed E-state index contributed by atoms with van der Waals surface area (Å²) in [5, 5.41) is 14.6. The molecule has 7 aromatic rings. The molecule has 24 heteroatoms. The molecule has 2 aromatic heterocycles. The highest BCUT2D eigenvalue weighted by Crippen LogP contribution is 2.29. The molecule has 0 atom stereocenters. The number of hydrogen-bond acceptors (Lipinski definition) is 18. The molecular formula is C38H32N12O9S3. The van der Waals surface area contributed by atoms with Crippen molar-refractivity contribution in [1.29, 1.82) is 0 Å². The number of benzene rings is 5. The van der Waals surface area contributed by atoms with Crippen LogP contribution in [0.1, 0.15) is 11.1 Å². The SMILES string of the molecule is Nc1nc(Nc2ccccc2)nc(Nc2ccc(/C=C/c3ccc(Nc4nc(Nc5ccccc5)nc(Nc5ccc(S(=O)(=O)O)cc5)n4)cc3S(=O)(=O)O)c(S(=O)(=O)O)c2)n1. The van der Waals surface area contributed by atoms with E-state index in [4.69, 9.17) is 5.73 Å². The third kappa shape index (κ3) is 11.2. The van der Waals surface area contributed by atoms with Crippen LogP contribution in [-0.4, -0.2) is 68.8 Å². The molecule has 0 aliphatic carbocycles. The molecule has 62 heavy (non-hydrogen) atoms. The van der Waals surface area contributed by atoms with Crippen LogP contribution >= 0.6 is 0 Å². The second kappa shape index (κ2) is 17.5. The molecule has 21 nitrogen and oxygen atoms in total. The fourth-order valence-corrected chi connectivity index (χ4v) is 7.47. The van der Waals surface area contributed by atoms with Gasteiger partial charge in [-0.1, -0.05) is 60.7 Å². The van der Waals surface area contributed by atoms with E-state index in [2.05, 4.69) is 56.5 Å². The number of anilines is 11. The summed E-state index contributed by atoms with van der Waals surface area (Å²) < 4.78 is 103. The van der Waals surface area contributed by atoms with E-state index in [0.717, 1.165) is 12.1 Å². The van der Waals surface area contributed by atoms with Crippen LogP contribution in [0.4, 0.5) is 64.1 Å². The van der Waals surface area contributed by atoms with Gasteiger partial charge in [0.05, 0.1) is 4.90 Å². The number of hydrogen-bond donors (Lipinski definition) is 9. The first-order valence-corrected chi connectivity index (χ1v) is 22.0. The summed E-state index contributed by atoms with van der Waals surface area (Å²) in [5.74, 6) is -0.189. The van der Waals surface area contributed by atoms with Crippen molar-refractivity contribution < 1.29 is 38.9 Å². The van der Waals surface area contributed by atoms with E-state index in [9.17, 15) is 38.9 Å². The fourth-order valence-electron chi connectivity index (χ4n) is 5.57. The quantitative estimate of drug-likeness (QED) is 0.0404. The van der Waals surface area contributed by atoms with E-state index in [0.29, 0.717) is 17.1 Å². The average Bonchev–Trinajstić information content (AvgIpc) is 3.20. The van der Waals surface area contributed by atoms with Crippen LogP contribution in [0.2, 0.25) is 0 Å². The molecule has 0 unspecified atom stereocenters. The van der Waals surface area contributed by atoms with Crippen LogP contribution in [0.15, 0.2) is 136 Å². The summed E-state index contributed by atoms with van der Waals surface area (Å²) in [6.07, 6.45) is 2.44. The van der Waals surface area contributed by atoms with Crippen molar-refractivity contribution in [3.63, 3.8) is 0 Å². The molecule has 0 radical (unpaired) electrons. The molecule has 0 saturated heterocycles. The minimum atomic E-state index is -4.91. The summed E-state index contributed by atoms with van der Waals surface area (Å²) in [4.78, 5) is 23.9. The Morgan fingerprint density at radius 1 is 0.403 bits per heavy atom. The first kappa shape index (κ1) is 42.5. The van der Waals surface area contributed by atoms with Crippen molar-refractivity contribution in [1.82, 2.24) is 29.9 Å². The maximum atomic E-state index is 12.7. The Balaban J connectivity index is 1.15. The summed E-state index contributed by atoms with van der Waals surface area (Å²) in [5.41, 5.74) is 7.58. The van der Waals surface area contributed by atoms with Gasteiger partial charge in [-0.2, -0.15) is 55.2 Å². The van der Waals surface area contributed by atoms with Gasteiger partial charge in [-0.05, 0) is 83.9 Å². The van der Waals surface area contributed by atoms with Gasteiger partial charge < -0.3 is 32.3 Å². The molecule has 316 valence electrons. The second-order valence-electron chi connectivity index (χ2n) is 12.8. The molecule has 0 aliphatic rings. The van der Waals surface area contributed by atoms with Crippen molar-refractivity contribution >= 4 is 107 Å². The third-order valence-corrected chi connectivity index (χ3v) is 11.0. The molecule has 0 aliphatic heterocycles. The van der Waals surface area contributed by atoms with Gasteiger partial charge in [0.2, 0.25) is 35.7 Å². The summed E-state index contributed by atoms with van der Waals surface area (Å²) in [7, 11) is -14.2. The number of aromatic nitrogens is 6. The van der Waals surface area contributed by atoms with Crippen LogP contribution in [0.3, 0.4) is 0 Å². The van der Waals surface area contributed by atoms with Gasteiger partial charge in [-0.25, -0.2) is 0 Å². The Bertz CT molecular complexity index is 3150. The number of nitrogens with one attached hydrogen (secondary N) is 5. The molecule has 7 rings (SSSR count). The highest BCUT2D eigenvalue weighted by atomic mass is 32.2. The molecule has 0 saturated carbocycles. The lowest BCUT2D eigenvalue weighted by Gasteiger charge is -2.13. The lowest BCUT2D eigenvalue weighted by Crippen LogP contribution is -2.08. The maximum Gasteiger partial charge on any atom is 0.295 e. The van der Waals surface area contributed by atoms with Gasteiger partial charge in [0, 0.05) is 28.4 Å². The first-order chi connectivity index (χ1) is 29.4. The lowest BCUT2D eigenvalue weighted by molar-refractivity contribution is 0.480. The number of nitrogens with two attached hydrogens (primary N) is 1. The van der Waals surface area contributed by atoms with E-state index < -0.39 is 40.1 Å². The number of nitrogen functional groups attached to an aromatic ring is 1. The van der Waals surface area contributed by atoms with Crippen LogP contribution in [0, 0.1) is 0 Å². The molecule has 0 spiro atoms. The fraction of sp³-hybridized carbons (Fsp3) is 0. The normalized spacial score (nSPS) is 11.9. The monoisotopic (exact) mass is 896 g/mol. The van der Waals surface area contributed by atoms with Crippen molar-refractivity contribution in [3.05, 3.63) is 132 Å². The van der Waals surface area contributed by atoms with Gasteiger partial charge >= 0.3 is 0 Å². The Morgan fingerprint density at radius 2 is 0.726 bits per heavy atom. The van der Waals surface area contributed by atoms with Gasteiger partial charge in [-0.15, -0.1) is 0 Å². The molecule has 5 aromatic carbocycles. The molecule has 0 bridgehead atoms. The van der Waals surface area contributed by atoms with Gasteiger partial charge in [0.1, 0.15) is 9.79 Å². The van der Waals surface area contributed by atoms with Crippen LogP contribution in [-0.2, 0) is 30.4 Å². The topological polar surface area (TPSA) is 327 Å². The van der Waals surface area contributed by atoms with Crippen molar-refractivity contribution in [2.75, 3.05) is 32.3 Å². The third-order valence-electron chi connectivity index (χ3n) is 8.29. The van der Waals surface area contributed by atoms with Crippen LogP contribution < -0.4 is 32.3 Å². The highest BCUT2D eigenvalue weighted by Gasteiger charge is 2.19. The Hall–Kier alpha value is -7.61. The zero-order chi connectivity index (χ0) is 44.1. The minimum Gasteiger partial charge on any atom is -0.368 e. The van der Waals surface area contributed by atoms with Gasteiger partial charge in [-0.3, -0.25) is 13.7 Å². The smallest absolute Gasteiger partial charge is 0.295 e. The largest absolute Gasteiger partial charge is 0.368 e. The Morgan fingerprint density at radius 3 is 1.08 bits per heavy atom. The van der Waals surface area contributed by atoms with Crippen LogP contribution in [0.5, 0.6) is 0 Å². The highest BCUT2D eigenvalue weighted by molar-refractivity contribution is 7.86. The summed E-state index contributed by atoms with van der Waals surface area (Å²) in [6.45, 7) is 0. The van der Waals surface area contributed by atoms with Gasteiger partial charge in [0.25, 0.3) is 30.4 Å². The predicted octanol–water partition coefficient (Wildman–Crippen LogP) is 6.27. The molecule has 0 amide bonds. The van der Waals surface area contributed by atoms with Crippen molar-refractivity contribution in [3.8, 4) is 0 Å². The summed E-state index contributed by atoms with van der Waals surface area (Å²) >= 11 is 0. The van der Waals surface area contributed by atoms with Crippen molar-refractivity contribution in [2.45, 2.75) is 14.7 Å². The predicted molar refractivity (Wildman–Crippen MR) is 231 cm³/mol. The van der Waals surface area contributed by atoms with E-state index in [1.54, 1.807) is 54.6 Å².